The monoisotopic (exact) mass is 248 g/mol. The number of rotatable bonds is 4. The molecule has 4 heteroatoms. The summed E-state index contributed by atoms with van der Waals surface area (Å²) < 4.78 is 5.06. The first-order valence-corrected chi connectivity index (χ1v) is 6.80. The van der Waals surface area contributed by atoms with Gasteiger partial charge in [-0.1, -0.05) is 6.42 Å². The fourth-order valence-electron chi connectivity index (χ4n) is 3.72. The highest BCUT2D eigenvalue weighted by Crippen LogP contribution is 2.50. The number of aromatic nitrogens is 2. The number of nitrogens with zero attached hydrogens (tertiary/aromatic N) is 2. The van der Waals surface area contributed by atoms with Gasteiger partial charge in [-0.2, -0.15) is 0 Å². The molecule has 1 N–H and O–H groups in total. The molecule has 2 fully saturated rings. The van der Waals surface area contributed by atoms with E-state index in [1.54, 1.807) is 13.2 Å². The van der Waals surface area contributed by atoms with E-state index in [9.17, 15) is 5.11 Å². The fraction of sp³-hybridized carbons (Fsp3) is 0.714. The van der Waals surface area contributed by atoms with Crippen LogP contribution in [0.5, 0.6) is 5.88 Å². The summed E-state index contributed by atoms with van der Waals surface area (Å²) in [4.78, 5) is 8.12. The predicted molar refractivity (Wildman–Crippen MR) is 67.1 cm³/mol. The van der Waals surface area contributed by atoms with Gasteiger partial charge in [0.2, 0.25) is 5.88 Å². The number of aliphatic hydroxyl groups is 1. The van der Waals surface area contributed by atoms with Crippen LogP contribution in [-0.4, -0.2) is 22.2 Å². The molecule has 0 aliphatic heterocycles. The zero-order valence-corrected chi connectivity index (χ0v) is 10.7. The second kappa shape index (κ2) is 4.84. The largest absolute Gasteiger partial charge is 0.481 e. The van der Waals surface area contributed by atoms with Crippen LogP contribution in [0.1, 0.15) is 43.9 Å². The highest BCUT2D eigenvalue weighted by atomic mass is 16.5. The topological polar surface area (TPSA) is 55.2 Å². The predicted octanol–water partition coefficient (Wildman–Crippen LogP) is 2.34. The second-order valence-corrected chi connectivity index (χ2v) is 5.67. The molecule has 1 aromatic rings. The third kappa shape index (κ3) is 2.21. The molecule has 0 radical (unpaired) electrons. The van der Waals surface area contributed by atoms with Crippen molar-refractivity contribution in [2.45, 2.75) is 38.2 Å². The summed E-state index contributed by atoms with van der Waals surface area (Å²) in [6.07, 6.45) is 7.24. The molecular weight excluding hydrogens is 228 g/mol. The molecular formula is C14H20N2O2. The maximum atomic E-state index is 10.3. The number of hydrogen-bond donors (Lipinski definition) is 1. The lowest BCUT2D eigenvalue weighted by Gasteiger charge is -2.23. The molecule has 1 aromatic heterocycles. The summed E-state index contributed by atoms with van der Waals surface area (Å²) in [5.41, 5.74) is 0.685. The Morgan fingerprint density at radius 1 is 1.39 bits per heavy atom. The van der Waals surface area contributed by atoms with Crippen LogP contribution >= 0.6 is 0 Å². The van der Waals surface area contributed by atoms with Gasteiger partial charge in [-0.05, 0) is 43.4 Å². The zero-order chi connectivity index (χ0) is 12.5. The van der Waals surface area contributed by atoms with Gasteiger partial charge in [0.25, 0.3) is 0 Å². The van der Waals surface area contributed by atoms with Gasteiger partial charge in [0.15, 0.2) is 0 Å². The molecule has 0 saturated heterocycles. The van der Waals surface area contributed by atoms with Gasteiger partial charge >= 0.3 is 0 Å². The third-order valence-corrected chi connectivity index (χ3v) is 4.62. The lowest BCUT2D eigenvalue weighted by atomic mass is 9.84. The number of aliphatic hydroxyl groups excluding tert-OH is 1. The van der Waals surface area contributed by atoms with E-state index in [0.717, 1.165) is 18.3 Å². The van der Waals surface area contributed by atoms with Gasteiger partial charge in [-0.3, -0.25) is 0 Å². The van der Waals surface area contributed by atoms with Crippen LogP contribution in [0.25, 0.3) is 0 Å². The molecule has 3 rings (SSSR count). The average Bonchev–Trinajstić information content (AvgIpc) is 3.01. The van der Waals surface area contributed by atoms with E-state index < -0.39 is 6.10 Å². The molecule has 2 aliphatic carbocycles. The standard InChI is InChI=1S/C14H20N2O2/c1-18-14-7-12(15-8-16-14)13(17)6-11-5-9-2-3-10(11)4-9/h7-11,13,17H,2-6H2,1H3. The lowest BCUT2D eigenvalue weighted by molar-refractivity contribution is 0.121. The van der Waals surface area contributed by atoms with Crippen LogP contribution in [0.4, 0.5) is 0 Å². The highest BCUT2D eigenvalue weighted by molar-refractivity contribution is 5.15. The summed E-state index contributed by atoms with van der Waals surface area (Å²) in [6.45, 7) is 0. The SMILES string of the molecule is COc1cc(C(O)CC2CC3CCC2C3)ncn1. The van der Waals surface area contributed by atoms with Crippen molar-refractivity contribution in [3.63, 3.8) is 0 Å². The van der Waals surface area contributed by atoms with E-state index in [4.69, 9.17) is 4.74 Å². The molecule has 2 saturated carbocycles. The Morgan fingerprint density at radius 3 is 2.94 bits per heavy atom. The smallest absolute Gasteiger partial charge is 0.216 e. The second-order valence-electron chi connectivity index (χ2n) is 5.67. The first-order valence-electron chi connectivity index (χ1n) is 6.80. The Morgan fingerprint density at radius 2 is 2.28 bits per heavy atom. The lowest BCUT2D eigenvalue weighted by Crippen LogP contribution is -2.15. The Labute approximate surface area is 107 Å². The minimum atomic E-state index is -0.480. The Kier molecular flexibility index (Phi) is 3.20. The van der Waals surface area contributed by atoms with Crippen LogP contribution in [0.2, 0.25) is 0 Å². The number of hydrogen-bond acceptors (Lipinski definition) is 4. The summed E-state index contributed by atoms with van der Waals surface area (Å²) in [5.74, 6) is 2.97. The third-order valence-electron chi connectivity index (χ3n) is 4.62. The van der Waals surface area contributed by atoms with Crippen LogP contribution in [0, 0.1) is 17.8 Å². The quantitative estimate of drug-likeness (QED) is 0.888. The zero-order valence-electron chi connectivity index (χ0n) is 10.7. The van der Waals surface area contributed by atoms with Gasteiger partial charge in [-0.25, -0.2) is 9.97 Å². The first-order chi connectivity index (χ1) is 8.76. The summed E-state index contributed by atoms with van der Waals surface area (Å²) >= 11 is 0. The fourth-order valence-corrected chi connectivity index (χ4v) is 3.72. The maximum absolute atomic E-state index is 10.3. The van der Waals surface area contributed by atoms with Crippen molar-refractivity contribution in [2.24, 2.45) is 17.8 Å². The van der Waals surface area contributed by atoms with E-state index in [-0.39, 0.29) is 0 Å². The van der Waals surface area contributed by atoms with E-state index in [1.807, 2.05) is 0 Å². The number of methoxy groups -OCH3 is 1. The van der Waals surface area contributed by atoms with Crippen molar-refractivity contribution < 1.29 is 9.84 Å². The van der Waals surface area contributed by atoms with Crippen molar-refractivity contribution in [1.29, 1.82) is 0 Å². The van der Waals surface area contributed by atoms with Crippen molar-refractivity contribution >= 4 is 0 Å². The van der Waals surface area contributed by atoms with Crippen molar-refractivity contribution in [1.82, 2.24) is 9.97 Å². The van der Waals surface area contributed by atoms with Crippen LogP contribution in [0.3, 0.4) is 0 Å². The normalized spacial score (nSPS) is 31.6. The molecule has 0 spiro atoms. The number of ether oxygens (including phenoxy) is 1. The van der Waals surface area contributed by atoms with Gasteiger partial charge in [0.05, 0.1) is 18.9 Å². The molecule has 0 aromatic carbocycles. The molecule has 4 nitrogen and oxygen atoms in total. The summed E-state index contributed by atoms with van der Waals surface area (Å²) in [7, 11) is 1.58. The average molecular weight is 248 g/mol. The summed E-state index contributed by atoms with van der Waals surface area (Å²) in [5, 5.41) is 10.3. The van der Waals surface area contributed by atoms with Crippen molar-refractivity contribution in [3.8, 4) is 5.88 Å². The molecule has 2 bridgehead atoms. The number of fused-ring (bicyclic) bond motifs is 2. The van der Waals surface area contributed by atoms with E-state index >= 15 is 0 Å². The van der Waals surface area contributed by atoms with Crippen LogP contribution in [0.15, 0.2) is 12.4 Å². The van der Waals surface area contributed by atoms with Crippen molar-refractivity contribution in [3.05, 3.63) is 18.1 Å². The molecule has 0 amide bonds. The first kappa shape index (κ1) is 11.9. The minimum Gasteiger partial charge on any atom is -0.481 e. The minimum absolute atomic E-state index is 0.480. The Balaban J connectivity index is 1.65. The molecule has 4 unspecified atom stereocenters. The van der Waals surface area contributed by atoms with Gasteiger partial charge in [-0.15, -0.1) is 0 Å². The molecule has 98 valence electrons. The molecule has 4 atom stereocenters. The Hall–Kier alpha value is -1.16. The van der Waals surface area contributed by atoms with Crippen molar-refractivity contribution in [2.75, 3.05) is 7.11 Å². The van der Waals surface area contributed by atoms with E-state index in [2.05, 4.69) is 9.97 Å². The van der Waals surface area contributed by atoms with E-state index in [0.29, 0.717) is 17.5 Å². The molecule has 18 heavy (non-hydrogen) atoms. The van der Waals surface area contributed by atoms with Gasteiger partial charge in [0.1, 0.15) is 6.33 Å². The van der Waals surface area contributed by atoms with Crippen LogP contribution in [-0.2, 0) is 0 Å². The van der Waals surface area contributed by atoms with Crippen LogP contribution < -0.4 is 4.74 Å². The van der Waals surface area contributed by atoms with Gasteiger partial charge < -0.3 is 9.84 Å². The summed E-state index contributed by atoms with van der Waals surface area (Å²) in [6, 6.07) is 1.73. The highest BCUT2D eigenvalue weighted by Gasteiger charge is 2.40. The molecule has 2 aliphatic rings. The van der Waals surface area contributed by atoms with Gasteiger partial charge in [0, 0.05) is 6.07 Å². The maximum Gasteiger partial charge on any atom is 0.216 e. The Bertz CT molecular complexity index is 424. The molecule has 1 heterocycles. The van der Waals surface area contributed by atoms with E-state index in [1.165, 1.54) is 32.0 Å².